The van der Waals surface area contributed by atoms with E-state index in [4.69, 9.17) is 9.84 Å². The number of carbonyl (C=O) groups is 2. The third-order valence-corrected chi connectivity index (χ3v) is 4.39. The number of hydrogen-bond donors (Lipinski definition) is 2. The predicted octanol–water partition coefficient (Wildman–Crippen LogP) is 4.13. The van der Waals surface area contributed by atoms with E-state index < -0.39 is 5.97 Å². The molecule has 6 nitrogen and oxygen atoms in total. The van der Waals surface area contributed by atoms with Gasteiger partial charge in [-0.1, -0.05) is 0 Å². The summed E-state index contributed by atoms with van der Waals surface area (Å²) in [5.41, 5.74) is 4.45. The molecule has 0 atom stereocenters. The van der Waals surface area contributed by atoms with Gasteiger partial charge in [-0.15, -0.1) is 0 Å². The molecule has 1 heterocycles. The maximum atomic E-state index is 11.2. The summed E-state index contributed by atoms with van der Waals surface area (Å²) in [6.45, 7) is 1.46. The second-order valence-electron chi connectivity index (χ2n) is 6.40. The Hall–Kier alpha value is -3.54. The van der Waals surface area contributed by atoms with Gasteiger partial charge in [-0.3, -0.25) is 9.59 Å². The number of nitrogens with one attached hydrogen (secondary N) is 1. The summed E-state index contributed by atoms with van der Waals surface area (Å²) in [7, 11) is 1.62. The van der Waals surface area contributed by atoms with Crippen LogP contribution in [0.2, 0.25) is 0 Å². The number of anilines is 1. The van der Waals surface area contributed by atoms with E-state index in [1.807, 2.05) is 65.2 Å². The summed E-state index contributed by atoms with van der Waals surface area (Å²) in [5, 5.41) is 11.8. The van der Waals surface area contributed by atoms with Crippen LogP contribution < -0.4 is 10.1 Å². The molecule has 0 saturated heterocycles. The number of ether oxygens (including phenoxy) is 1. The summed E-state index contributed by atoms with van der Waals surface area (Å²) >= 11 is 0. The molecule has 2 N–H and O–H groups in total. The maximum Gasteiger partial charge on any atom is 0.303 e. The Morgan fingerprint density at radius 1 is 1.00 bits per heavy atom. The lowest BCUT2D eigenvalue weighted by Crippen LogP contribution is -2.07. The van der Waals surface area contributed by atoms with Crippen molar-refractivity contribution < 1.29 is 19.4 Å². The molecular formula is C22H22N2O4. The van der Waals surface area contributed by atoms with Crippen LogP contribution in [-0.2, 0) is 16.0 Å². The van der Waals surface area contributed by atoms with Gasteiger partial charge < -0.3 is 19.7 Å². The molecule has 0 aliphatic rings. The Bertz CT molecular complexity index is 973. The topological polar surface area (TPSA) is 80.6 Å². The van der Waals surface area contributed by atoms with Gasteiger partial charge in [-0.25, -0.2) is 0 Å². The molecule has 0 aliphatic heterocycles. The summed E-state index contributed by atoms with van der Waals surface area (Å²) in [4.78, 5) is 22.3. The fourth-order valence-corrected chi connectivity index (χ4v) is 3.10. The Balaban J connectivity index is 2.03. The Morgan fingerprint density at radius 3 is 2.25 bits per heavy atom. The molecule has 0 unspecified atom stereocenters. The first-order valence-electron chi connectivity index (χ1n) is 8.93. The zero-order valence-corrected chi connectivity index (χ0v) is 15.8. The molecular weight excluding hydrogens is 356 g/mol. The van der Waals surface area contributed by atoms with E-state index in [1.165, 1.54) is 6.92 Å². The Kier molecular flexibility index (Phi) is 5.79. The number of hydrogen-bond acceptors (Lipinski definition) is 3. The number of carbonyl (C=O) groups excluding carboxylic acids is 1. The quantitative estimate of drug-likeness (QED) is 0.648. The van der Waals surface area contributed by atoms with E-state index in [0.29, 0.717) is 12.1 Å². The second kappa shape index (κ2) is 8.43. The Labute approximate surface area is 163 Å². The van der Waals surface area contributed by atoms with E-state index in [-0.39, 0.29) is 12.3 Å². The smallest absolute Gasteiger partial charge is 0.303 e. The van der Waals surface area contributed by atoms with E-state index >= 15 is 0 Å². The average molecular weight is 378 g/mol. The molecule has 3 aromatic rings. The molecule has 1 amide bonds. The molecule has 0 saturated carbocycles. The van der Waals surface area contributed by atoms with Gasteiger partial charge in [-0.05, 0) is 72.6 Å². The number of rotatable bonds is 7. The normalized spacial score (nSPS) is 10.5. The van der Waals surface area contributed by atoms with Gasteiger partial charge >= 0.3 is 5.97 Å². The van der Waals surface area contributed by atoms with Crippen molar-refractivity contribution in [2.75, 3.05) is 12.4 Å². The third-order valence-electron chi connectivity index (χ3n) is 4.39. The molecule has 0 radical (unpaired) electrons. The predicted molar refractivity (Wildman–Crippen MR) is 108 cm³/mol. The molecule has 6 heteroatoms. The first kappa shape index (κ1) is 19.2. The molecule has 0 spiro atoms. The lowest BCUT2D eigenvalue weighted by atomic mass is 10.1. The number of benzene rings is 2. The number of aryl methyl sites for hydroxylation is 1. The molecule has 144 valence electrons. The lowest BCUT2D eigenvalue weighted by Gasteiger charge is -2.15. The van der Waals surface area contributed by atoms with Gasteiger partial charge in [0.15, 0.2) is 0 Å². The van der Waals surface area contributed by atoms with Crippen LogP contribution in [0, 0.1) is 0 Å². The van der Waals surface area contributed by atoms with Crippen molar-refractivity contribution in [1.82, 2.24) is 4.57 Å². The highest BCUT2D eigenvalue weighted by molar-refractivity contribution is 5.88. The largest absolute Gasteiger partial charge is 0.497 e. The fourth-order valence-electron chi connectivity index (χ4n) is 3.10. The van der Waals surface area contributed by atoms with Gasteiger partial charge in [0.2, 0.25) is 5.91 Å². The number of aromatic nitrogens is 1. The molecule has 3 rings (SSSR count). The minimum Gasteiger partial charge on any atom is -0.497 e. The summed E-state index contributed by atoms with van der Waals surface area (Å²) < 4.78 is 7.27. The summed E-state index contributed by atoms with van der Waals surface area (Å²) in [6, 6.07) is 19.1. The molecule has 28 heavy (non-hydrogen) atoms. The van der Waals surface area contributed by atoms with Crippen molar-refractivity contribution >= 4 is 17.6 Å². The van der Waals surface area contributed by atoms with E-state index in [0.717, 1.165) is 28.4 Å². The lowest BCUT2D eigenvalue weighted by molar-refractivity contribution is -0.137. The Morgan fingerprint density at radius 2 is 1.68 bits per heavy atom. The highest BCUT2D eigenvalue weighted by atomic mass is 16.5. The number of methoxy groups -OCH3 is 1. The van der Waals surface area contributed by atoms with Crippen LogP contribution in [0.25, 0.3) is 16.9 Å². The average Bonchev–Trinajstić information content (AvgIpc) is 3.10. The van der Waals surface area contributed by atoms with Gasteiger partial charge in [-0.2, -0.15) is 0 Å². The first-order valence-corrected chi connectivity index (χ1v) is 8.93. The van der Waals surface area contributed by atoms with Crippen molar-refractivity contribution in [1.29, 1.82) is 0 Å². The minimum absolute atomic E-state index is 0.0516. The van der Waals surface area contributed by atoms with Crippen molar-refractivity contribution in [3.63, 3.8) is 0 Å². The van der Waals surface area contributed by atoms with Crippen molar-refractivity contribution in [2.45, 2.75) is 19.8 Å². The van der Waals surface area contributed by atoms with E-state index in [1.54, 1.807) is 7.11 Å². The van der Waals surface area contributed by atoms with Crippen molar-refractivity contribution in [3.05, 3.63) is 66.4 Å². The van der Waals surface area contributed by atoms with Crippen molar-refractivity contribution in [3.8, 4) is 22.7 Å². The number of carboxylic acids is 1. The SMILES string of the molecule is COc1ccc(-c2ccc(CCC(=O)O)n2-c2ccc(NC(C)=O)cc2)cc1. The van der Waals surface area contributed by atoms with Crippen LogP contribution in [0.3, 0.4) is 0 Å². The molecule has 0 fully saturated rings. The molecule has 1 aromatic heterocycles. The van der Waals surface area contributed by atoms with E-state index in [2.05, 4.69) is 5.32 Å². The highest BCUT2D eigenvalue weighted by Crippen LogP contribution is 2.29. The van der Waals surface area contributed by atoms with Gasteiger partial charge in [0.25, 0.3) is 0 Å². The zero-order chi connectivity index (χ0) is 20.1. The maximum absolute atomic E-state index is 11.2. The van der Waals surface area contributed by atoms with Gasteiger partial charge in [0, 0.05) is 24.0 Å². The van der Waals surface area contributed by atoms with Crippen LogP contribution in [0.15, 0.2) is 60.7 Å². The molecule has 0 bridgehead atoms. The zero-order valence-electron chi connectivity index (χ0n) is 15.8. The number of carboxylic acid groups (broad SMARTS) is 1. The molecule has 2 aromatic carbocycles. The first-order chi connectivity index (χ1) is 13.5. The fraction of sp³-hybridized carbons (Fsp3) is 0.182. The van der Waals surface area contributed by atoms with Crippen LogP contribution in [-0.4, -0.2) is 28.7 Å². The van der Waals surface area contributed by atoms with Crippen LogP contribution in [0.5, 0.6) is 5.75 Å². The monoisotopic (exact) mass is 378 g/mol. The summed E-state index contributed by atoms with van der Waals surface area (Å²) in [5.74, 6) is -0.192. The summed E-state index contributed by atoms with van der Waals surface area (Å²) in [6.07, 6.45) is 0.467. The van der Waals surface area contributed by atoms with Crippen LogP contribution in [0.4, 0.5) is 5.69 Å². The number of aliphatic carboxylic acids is 1. The van der Waals surface area contributed by atoms with Crippen LogP contribution >= 0.6 is 0 Å². The molecule has 0 aliphatic carbocycles. The van der Waals surface area contributed by atoms with Crippen molar-refractivity contribution in [2.24, 2.45) is 0 Å². The van der Waals surface area contributed by atoms with E-state index in [9.17, 15) is 9.59 Å². The minimum atomic E-state index is -0.834. The third kappa shape index (κ3) is 4.40. The van der Waals surface area contributed by atoms with Gasteiger partial charge in [0.1, 0.15) is 5.75 Å². The van der Waals surface area contributed by atoms with Gasteiger partial charge in [0.05, 0.1) is 19.2 Å². The number of amides is 1. The number of nitrogens with zero attached hydrogens (tertiary/aromatic N) is 1. The highest BCUT2D eigenvalue weighted by Gasteiger charge is 2.13. The second-order valence-corrected chi connectivity index (χ2v) is 6.40. The van der Waals surface area contributed by atoms with Crippen LogP contribution in [0.1, 0.15) is 19.0 Å². The standard InChI is InChI=1S/C22H22N2O4/c1-15(25)23-17-5-7-18(8-6-17)24-19(10-14-22(26)27)9-13-21(24)16-3-11-20(28-2)12-4-16/h3-9,11-13H,10,14H2,1-2H3,(H,23,25)(H,26,27).